The molecule has 0 bridgehead atoms. The first-order valence-corrected chi connectivity index (χ1v) is 3.40. The summed E-state index contributed by atoms with van der Waals surface area (Å²) < 4.78 is 0. The van der Waals surface area contributed by atoms with Crippen LogP contribution in [0.1, 0.15) is 20.3 Å². The van der Waals surface area contributed by atoms with Crippen molar-refractivity contribution in [3.8, 4) is 0 Å². The molecule has 50 valence electrons. The van der Waals surface area contributed by atoms with Gasteiger partial charge in [-0.15, -0.1) is 0 Å². The predicted molar refractivity (Wildman–Crippen MR) is 40.2 cm³/mol. The molecule has 9 heavy (non-hydrogen) atoms. The van der Waals surface area contributed by atoms with E-state index in [1.54, 1.807) is 0 Å². The molecular weight excluding hydrogens is 112 g/mol. The van der Waals surface area contributed by atoms with Gasteiger partial charge in [-0.05, 0) is 0 Å². The Bertz CT molecular complexity index is 147. The van der Waals surface area contributed by atoms with Crippen LogP contribution in [0.15, 0.2) is 9.98 Å². The van der Waals surface area contributed by atoms with Crippen LogP contribution in [0.5, 0.6) is 0 Å². The van der Waals surface area contributed by atoms with Gasteiger partial charge < -0.3 is 0 Å². The number of nitrogens with zero attached hydrogens (tertiary/aromatic N) is 2. The van der Waals surface area contributed by atoms with E-state index in [1.807, 2.05) is 6.21 Å². The third-order valence-corrected chi connectivity index (χ3v) is 1.36. The molecule has 0 radical (unpaired) electrons. The highest BCUT2D eigenvalue weighted by molar-refractivity contribution is 5.91. The van der Waals surface area contributed by atoms with Crippen molar-refractivity contribution in [2.24, 2.45) is 15.9 Å². The van der Waals surface area contributed by atoms with E-state index in [2.05, 4.69) is 23.8 Å². The Labute approximate surface area is 55.7 Å². The predicted octanol–water partition coefficient (Wildman–Crippen LogP) is 1.52. The van der Waals surface area contributed by atoms with Crippen molar-refractivity contribution < 1.29 is 0 Å². The fourth-order valence-electron chi connectivity index (χ4n) is 0.754. The minimum atomic E-state index is 0.542. The summed E-state index contributed by atoms with van der Waals surface area (Å²) in [6.45, 7) is 5.12. The minimum Gasteiger partial charge on any atom is -0.270 e. The van der Waals surface area contributed by atoms with Gasteiger partial charge in [-0.2, -0.15) is 0 Å². The van der Waals surface area contributed by atoms with E-state index in [4.69, 9.17) is 0 Å². The Kier molecular flexibility index (Phi) is 1.98. The Morgan fingerprint density at radius 3 is 3.00 bits per heavy atom. The molecule has 1 aliphatic heterocycles. The molecule has 0 saturated heterocycles. The zero-order valence-corrected chi connectivity index (χ0v) is 5.96. The molecule has 0 aromatic rings. The zero-order chi connectivity index (χ0) is 6.69. The second-order valence-electron chi connectivity index (χ2n) is 2.37. The number of amidine groups is 1. The molecule has 1 rings (SSSR count). The van der Waals surface area contributed by atoms with E-state index >= 15 is 0 Å². The van der Waals surface area contributed by atoms with Gasteiger partial charge in [0.2, 0.25) is 0 Å². The lowest BCUT2D eigenvalue weighted by molar-refractivity contribution is 0.784. The highest BCUT2D eigenvalue weighted by atomic mass is 14.9. The van der Waals surface area contributed by atoms with Crippen LogP contribution in [0.3, 0.4) is 0 Å². The van der Waals surface area contributed by atoms with Crippen LogP contribution in [0.4, 0.5) is 0 Å². The summed E-state index contributed by atoms with van der Waals surface area (Å²) >= 11 is 0. The van der Waals surface area contributed by atoms with E-state index in [0.29, 0.717) is 5.92 Å². The molecule has 0 aromatic carbocycles. The second-order valence-corrected chi connectivity index (χ2v) is 2.37. The quantitative estimate of drug-likeness (QED) is 0.506. The Morgan fingerprint density at radius 2 is 2.56 bits per heavy atom. The van der Waals surface area contributed by atoms with Gasteiger partial charge in [-0.1, -0.05) is 13.8 Å². The van der Waals surface area contributed by atoms with Gasteiger partial charge in [-0.3, -0.25) is 4.99 Å². The summed E-state index contributed by atoms with van der Waals surface area (Å²) in [6, 6.07) is 0. The smallest absolute Gasteiger partial charge is 0.122 e. The summed E-state index contributed by atoms with van der Waals surface area (Å²) in [5.74, 6) is 1.54. The number of aliphatic imine (C=N–C) groups is 2. The zero-order valence-electron chi connectivity index (χ0n) is 5.96. The first kappa shape index (κ1) is 6.46. The molecule has 0 amide bonds. The minimum absolute atomic E-state index is 0.542. The van der Waals surface area contributed by atoms with Gasteiger partial charge in [0.1, 0.15) is 5.84 Å². The van der Waals surface area contributed by atoms with Crippen molar-refractivity contribution >= 4 is 12.1 Å². The van der Waals surface area contributed by atoms with E-state index in [9.17, 15) is 0 Å². The van der Waals surface area contributed by atoms with Gasteiger partial charge in [0, 0.05) is 25.1 Å². The van der Waals surface area contributed by atoms with Crippen molar-refractivity contribution in [2.45, 2.75) is 20.3 Å². The molecule has 0 saturated carbocycles. The molecule has 0 spiro atoms. The van der Waals surface area contributed by atoms with E-state index in [0.717, 1.165) is 18.8 Å². The lowest BCUT2D eigenvalue weighted by Crippen LogP contribution is -2.10. The van der Waals surface area contributed by atoms with Crippen LogP contribution in [0, 0.1) is 5.92 Å². The largest absolute Gasteiger partial charge is 0.270 e. The molecule has 1 unspecified atom stereocenters. The van der Waals surface area contributed by atoms with E-state index in [-0.39, 0.29) is 0 Å². The normalized spacial score (nSPS) is 26.0. The molecule has 1 atom stereocenters. The van der Waals surface area contributed by atoms with Crippen molar-refractivity contribution in [1.29, 1.82) is 0 Å². The lowest BCUT2D eigenvalue weighted by atomic mass is 10.2. The molecule has 2 nitrogen and oxygen atoms in total. The molecule has 0 aliphatic carbocycles. The average molecular weight is 124 g/mol. The Hall–Kier alpha value is -0.660. The maximum Gasteiger partial charge on any atom is 0.122 e. The van der Waals surface area contributed by atoms with Gasteiger partial charge >= 0.3 is 0 Å². The SMILES string of the molecule is CCC1=NCC(C)C=N1. The van der Waals surface area contributed by atoms with E-state index in [1.165, 1.54) is 0 Å². The summed E-state index contributed by atoms with van der Waals surface area (Å²) in [5.41, 5.74) is 0. The number of hydrogen-bond donors (Lipinski definition) is 0. The summed E-state index contributed by atoms with van der Waals surface area (Å²) in [4.78, 5) is 8.40. The maximum atomic E-state index is 4.25. The van der Waals surface area contributed by atoms with Crippen LogP contribution >= 0.6 is 0 Å². The van der Waals surface area contributed by atoms with Crippen molar-refractivity contribution in [1.82, 2.24) is 0 Å². The molecular formula is C7H12N2. The van der Waals surface area contributed by atoms with Crippen LogP contribution in [0.25, 0.3) is 0 Å². The summed E-state index contributed by atoms with van der Waals surface area (Å²) in [7, 11) is 0. The summed E-state index contributed by atoms with van der Waals surface area (Å²) in [5, 5.41) is 0. The van der Waals surface area contributed by atoms with Gasteiger partial charge in [-0.25, -0.2) is 4.99 Å². The first-order chi connectivity index (χ1) is 4.33. The fourth-order valence-corrected chi connectivity index (χ4v) is 0.754. The number of rotatable bonds is 1. The van der Waals surface area contributed by atoms with Crippen LogP contribution in [-0.2, 0) is 0 Å². The molecule has 0 N–H and O–H groups in total. The number of hydrogen-bond acceptors (Lipinski definition) is 2. The van der Waals surface area contributed by atoms with Gasteiger partial charge in [0.05, 0.1) is 0 Å². The van der Waals surface area contributed by atoms with Crippen LogP contribution < -0.4 is 0 Å². The fraction of sp³-hybridized carbons (Fsp3) is 0.714. The Morgan fingerprint density at radius 1 is 1.78 bits per heavy atom. The summed E-state index contributed by atoms with van der Waals surface area (Å²) in [6.07, 6.45) is 2.94. The molecule has 2 heteroatoms. The molecule has 0 fully saturated rings. The topological polar surface area (TPSA) is 24.7 Å². The standard InChI is InChI=1S/C7H12N2/c1-3-7-8-4-6(2)5-9-7/h4,6H,3,5H2,1-2H3. The first-order valence-electron chi connectivity index (χ1n) is 3.40. The third kappa shape index (κ3) is 1.63. The average Bonchev–Trinajstić information content (AvgIpc) is 1.90. The molecule has 1 aliphatic rings. The lowest BCUT2D eigenvalue weighted by Gasteiger charge is -2.07. The molecule has 1 heterocycles. The van der Waals surface area contributed by atoms with Crippen LogP contribution in [-0.4, -0.2) is 18.6 Å². The third-order valence-electron chi connectivity index (χ3n) is 1.36. The van der Waals surface area contributed by atoms with Crippen molar-refractivity contribution in [3.05, 3.63) is 0 Å². The van der Waals surface area contributed by atoms with E-state index < -0.39 is 0 Å². The highest BCUT2D eigenvalue weighted by Gasteiger charge is 2.02. The monoisotopic (exact) mass is 124 g/mol. The Balaban J connectivity index is 2.52. The van der Waals surface area contributed by atoms with Crippen molar-refractivity contribution in [2.75, 3.05) is 6.54 Å². The molecule has 0 aromatic heterocycles. The second kappa shape index (κ2) is 2.76. The van der Waals surface area contributed by atoms with Gasteiger partial charge in [0.25, 0.3) is 0 Å². The van der Waals surface area contributed by atoms with Gasteiger partial charge in [0.15, 0.2) is 0 Å². The van der Waals surface area contributed by atoms with Crippen LogP contribution in [0.2, 0.25) is 0 Å². The highest BCUT2D eigenvalue weighted by Crippen LogP contribution is 2.00. The maximum absolute atomic E-state index is 4.25. The van der Waals surface area contributed by atoms with Crippen molar-refractivity contribution in [3.63, 3.8) is 0 Å².